The number of rotatable bonds is 3. The van der Waals surface area contributed by atoms with E-state index >= 15 is 0 Å². The molecule has 0 aromatic heterocycles. The van der Waals surface area contributed by atoms with Gasteiger partial charge in [0.2, 0.25) is 0 Å². The summed E-state index contributed by atoms with van der Waals surface area (Å²) in [5, 5.41) is 3.54. The molecule has 2 aliphatic heterocycles. The van der Waals surface area contributed by atoms with E-state index in [2.05, 4.69) is 10.2 Å². The van der Waals surface area contributed by atoms with Gasteiger partial charge >= 0.3 is 0 Å². The van der Waals surface area contributed by atoms with E-state index in [1.807, 2.05) is 0 Å². The summed E-state index contributed by atoms with van der Waals surface area (Å²) in [5.41, 5.74) is 0. The van der Waals surface area contributed by atoms with Crippen LogP contribution in [-0.4, -0.2) is 37.1 Å². The summed E-state index contributed by atoms with van der Waals surface area (Å²) in [5.74, 6) is 2.02. The van der Waals surface area contributed by atoms with Crippen molar-refractivity contribution in [2.75, 3.05) is 26.2 Å². The quantitative estimate of drug-likeness (QED) is 0.840. The van der Waals surface area contributed by atoms with Crippen LogP contribution in [0.1, 0.15) is 64.2 Å². The van der Waals surface area contributed by atoms with Crippen molar-refractivity contribution in [3.8, 4) is 0 Å². The fraction of sp³-hybridized carbons (Fsp3) is 1.00. The van der Waals surface area contributed by atoms with Gasteiger partial charge in [-0.15, -0.1) is 0 Å². The molecule has 0 bridgehead atoms. The summed E-state index contributed by atoms with van der Waals surface area (Å²) in [4.78, 5) is 2.93. The van der Waals surface area contributed by atoms with Gasteiger partial charge in [-0.1, -0.05) is 25.7 Å². The van der Waals surface area contributed by atoms with Crippen LogP contribution < -0.4 is 5.32 Å². The van der Waals surface area contributed by atoms with Crippen LogP contribution in [-0.2, 0) is 0 Å². The van der Waals surface area contributed by atoms with E-state index in [0.717, 1.165) is 17.9 Å². The summed E-state index contributed by atoms with van der Waals surface area (Å²) in [6.07, 6.45) is 14.7. The minimum absolute atomic E-state index is 0.921. The number of nitrogens with zero attached hydrogens (tertiary/aromatic N) is 1. The summed E-state index contributed by atoms with van der Waals surface area (Å²) in [6, 6.07) is 0.921. The number of hydrogen-bond acceptors (Lipinski definition) is 2. The molecular weight excluding hydrogens is 232 g/mol. The van der Waals surface area contributed by atoms with Crippen LogP contribution in [0, 0.1) is 11.8 Å². The Morgan fingerprint density at radius 3 is 2.32 bits per heavy atom. The minimum Gasteiger partial charge on any atom is -0.317 e. The van der Waals surface area contributed by atoms with Crippen molar-refractivity contribution < 1.29 is 0 Å². The molecule has 19 heavy (non-hydrogen) atoms. The predicted molar refractivity (Wildman–Crippen MR) is 81.4 cm³/mol. The Hall–Kier alpha value is -0.0800. The first-order valence-corrected chi connectivity index (χ1v) is 8.88. The third-order valence-corrected chi connectivity index (χ3v) is 5.81. The summed E-state index contributed by atoms with van der Waals surface area (Å²) >= 11 is 0. The van der Waals surface area contributed by atoms with Crippen LogP contribution in [0.15, 0.2) is 0 Å². The van der Waals surface area contributed by atoms with Gasteiger partial charge in [-0.3, -0.25) is 4.90 Å². The van der Waals surface area contributed by atoms with Crippen molar-refractivity contribution in [2.45, 2.75) is 70.3 Å². The third-order valence-electron chi connectivity index (χ3n) is 5.81. The number of likely N-dealkylation sites (tertiary alicyclic amines) is 1. The van der Waals surface area contributed by atoms with Gasteiger partial charge in [-0.25, -0.2) is 0 Å². The molecule has 2 nitrogen and oxygen atoms in total. The molecule has 0 aromatic rings. The molecule has 1 aliphatic carbocycles. The SMILES string of the molecule is C1CCC(C2CCNCC2)N(CC2CCCC2)CC1. The zero-order valence-electron chi connectivity index (χ0n) is 12.6. The third kappa shape index (κ3) is 3.72. The molecule has 110 valence electrons. The fourth-order valence-electron chi connectivity index (χ4n) is 4.71. The molecular formula is C17H32N2. The highest BCUT2D eigenvalue weighted by Crippen LogP contribution is 2.32. The van der Waals surface area contributed by atoms with Gasteiger partial charge in [0.15, 0.2) is 0 Å². The van der Waals surface area contributed by atoms with E-state index in [1.54, 1.807) is 0 Å². The van der Waals surface area contributed by atoms with Gasteiger partial charge in [0.25, 0.3) is 0 Å². The highest BCUT2D eigenvalue weighted by Gasteiger charge is 2.31. The summed E-state index contributed by atoms with van der Waals surface area (Å²) in [7, 11) is 0. The Labute approximate surface area is 119 Å². The lowest BCUT2D eigenvalue weighted by Crippen LogP contribution is -2.45. The number of piperidine rings is 1. The zero-order valence-corrected chi connectivity index (χ0v) is 12.6. The Morgan fingerprint density at radius 1 is 0.789 bits per heavy atom. The second-order valence-corrected chi connectivity index (χ2v) is 7.15. The van der Waals surface area contributed by atoms with E-state index in [1.165, 1.54) is 90.4 Å². The largest absolute Gasteiger partial charge is 0.317 e. The summed E-state index contributed by atoms with van der Waals surface area (Å²) in [6.45, 7) is 5.34. The normalized spacial score (nSPS) is 32.5. The van der Waals surface area contributed by atoms with Crippen LogP contribution >= 0.6 is 0 Å². The average Bonchev–Trinajstić information content (AvgIpc) is 2.85. The zero-order chi connectivity index (χ0) is 12.9. The van der Waals surface area contributed by atoms with Gasteiger partial charge in [-0.2, -0.15) is 0 Å². The molecule has 1 atom stereocenters. The van der Waals surface area contributed by atoms with E-state index in [-0.39, 0.29) is 0 Å². The van der Waals surface area contributed by atoms with E-state index < -0.39 is 0 Å². The van der Waals surface area contributed by atoms with Gasteiger partial charge in [0.1, 0.15) is 0 Å². The van der Waals surface area contributed by atoms with Crippen molar-refractivity contribution in [1.82, 2.24) is 10.2 Å². The maximum absolute atomic E-state index is 3.54. The Kier molecular flexibility index (Phi) is 5.17. The lowest BCUT2D eigenvalue weighted by atomic mass is 9.86. The monoisotopic (exact) mass is 264 g/mol. The molecule has 1 saturated carbocycles. The molecule has 1 unspecified atom stereocenters. The predicted octanol–water partition coefficient (Wildman–Crippen LogP) is 3.42. The van der Waals surface area contributed by atoms with Crippen LogP contribution in [0.2, 0.25) is 0 Å². The van der Waals surface area contributed by atoms with Crippen LogP contribution in [0.3, 0.4) is 0 Å². The maximum atomic E-state index is 3.54. The first-order chi connectivity index (χ1) is 9.43. The highest BCUT2D eigenvalue weighted by atomic mass is 15.2. The molecule has 2 heterocycles. The van der Waals surface area contributed by atoms with Gasteiger partial charge in [0, 0.05) is 12.6 Å². The number of nitrogens with one attached hydrogen (secondary N) is 1. The Bertz CT molecular complexity index is 254. The van der Waals surface area contributed by atoms with Crippen molar-refractivity contribution in [1.29, 1.82) is 0 Å². The Balaban J connectivity index is 1.61. The van der Waals surface area contributed by atoms with Crippen molar-refractivity contribution in [3.63, 3.8) is 0 Å². The molecule has 3 fully saturated rings. The second-order valence-electron chi connectivity index (χ2n) is 7.15. The maximum Gasteiger partial charge on any atom is 0.0125 e. The second kappa shape index (κ2) is 7.08. The number of hydrogen-bond donors (Lipinski definition) is 1. The van der Waals surface area contributed by atoms with E-state index in [9.17, 15) is 0 Å². The molecule has 2 heteroatoms. The lowest BCUT2D eigenvalue weighted by molar-refractivity contribution is 0.105. The smallest absolute Gasteiger partial charge is 0.0125 e. The Morgan fingerprint density at radius 2 is 1.53 bits per heavy atom. The molecule has 3 aliphatic rings. The first kappa shape index (κ1) is 13.9. The van der Waals surface area contributed by atoms with Crippen molar-refractivity contribution in [2.24, 2.45) is 11.8 Å². The van der Waals surface area contributed by atoms with Crippen molar-refractivity contribution >= 4 is 0 Å². The van der Waals surface area contributed by atoms with E-state index in [0.29, 0.717) is 0 Å². The molecule has 0 amide bonds. The van der Waals surface area contributed by atoms with Crippen molar-refractivity contribution in [3.05, 3.63) is 0 Å². The molecule has 3 rings (SSSR count). The fourth-order valence-corrected chi connectivity index (χ4v) is 4.71. The molecule has 0 aromatic carbocycles. The van der Waals surface area contributed by atoms with E-state index in [4.69, 9.17) is 0 Å². The topological polar surface area (TPSA) is 15.3 Å². The standard InChI is InChI=1S/C17H32N2/c1-2-8-17(16-9-11-18-12-10-16)19(13-5-1)14-15-6-3-4-7-15/h15-18H,1-14H2. The van der Waals surface area contributed by atoms with Gasteiger partial charge in [0.05, 0.1) is 0 Å². The molecule has 2 saturated heterocycles. The van der Waals surface area contributed by atoms with Crippen LogP contribution in [0.5, 0.6) is 0 Å². The minimum atomic E-state index is 0.921. The molecule has 1 N–H and O–H groups in total. The van der Waals surface area contributed by atoms with Gasteiger partial charge < -0.3 is 5.32 Å². The van der Waals surface area contributed by atoms with Crippen LogP contribution in [0.4, 0.5) is 0 Å². The first-order valence-electron chi connectivity index (χ1n) is 8.88. The molecule has 0 radical (unpaired) electrons. The molecule has 0 spiro atoms. The summed E-state index contributed by atoms with van der Waals surface area (Å²) < 4.78 is 0. The lowest BCUT2D eigenvalue weighted by Gasteiger charge is -2.39. The average molecular weight is 264 g/mol. The highest BCUT2D eigenvalue weighted by molar-refractivity contribution is 4.86. The van der Waals surface area contributed by atoms with Gasteiger partial charge in [-0.05, 0) is 70.0 Å². The van der Waals surface area contributed by atoms with Crippen LogP contribution in [0.25, 0.3) is 0 Å².